The van der Waals surface area contributed by atoms with Gasteiger partial charge in [0.2, 0.25) is 5.91 Å². The molecule has 0 saturated carbocycles. The van der Waals surface area contributed by atoms with Crippen LogP contribution in [0.25, 0.3) is 16.9 Å². The molecule has 0 bridgehead atoms. The van der Waals surface area contributed by atoms with Crippen molar-refractivity contribution in [1.82, 2.24) is 19.2 Å². The Kier molecular flexibility index (Phi) is 4.72. The van der Waals surface area contributed by atoms with Crippen molar-refractivity contribution in [3.63, 3.8) is 0 Å². The lowest BCUT2D eigenvalue weighted by Crippen LogP contribution is -2.33. The van der Waals surface area contributed by atoms with E-state index in [1.54, 1.807) is 19.9 Å². The minimum absolute atomic E-state index is 0.317. The fourth-order valence-corrected chi connectivity index (χ4v) is 3.25. The number of anilines is 1. The summed E-state index contributed by atoms with van der Waals surface area (Å²) in [4.78, 5) is 29.7. The molecule has 1 unspecified atom stereocenters. The maximum Gasteiger partial charge on any atom is 0.267 e. The number of amides is 1. The fraction of sp³-hybridized carbons (Fsp3) is 0.182. The van der Waals surface area contributed by atoms with Crippen LogP contribution in [0.2, 0.25) is 0 Å². The summed E-state index contributed by atoms with van der Waals surface area (Å²) >= 11 is 0. The number of benzene rings is 1. The van der Waals surface area contributed by atoms with Gasteiger partial charge in [0.05, 0.1) is 17.1 Å². The lowest BCUT2D eigenvalue weighted by Gasteiger charge is -2.15. The molecule has 7 nitrogen and oxygen atoms in total. The molecule has 0 fully saturated rings. The summed E-state index contributed by atoms with van der Waals surface area (Å²) in [7, 11) is 0. The summed E-state index contributed by atoms with van der Waals surface area (Å²) in [5, 5.41) is 7.11. The zero-order valence-corrected chi connectivity index (χ0v) is 16.5. The van der Waals surface area contributed by atoms with Crippen LogP contribution in [0.4, 0.5) is 5.69 Å². The fourth-order valence-electron chi connectivity index (χ4n) is 3.25. The molecule has 3 heterocycles. The van der Waals surface area contributed by atoms with Crippen LogP contribution in [-0.2, 0) is 4.79 Å². The Hall–Kier alpha value is -3.74. The van der Waals surface area contributed by atoms with Gasteiger partial charge in [0.1, 0.15) is 11.7 Å². The second-order valence-electron chi connectivity index (χ2n) is 7.02. The second kappa shape index (κ2) is 7.35. The van der Waals surface area contributed by atoms with Crippen molar-refractivity contribution >= 4 is 17.2 Å². The van der Waals surface area contributed by atoms with Crippen LogP contribution in [0.3, 0.4) is 0 Å². The zero-order valence-electron chi connectivity index (χ0n) is 16.5. The largest absolute Gasteiger partial charge is 0.324 e. The van der Waals surface area contributed by atoms with Crippen LogP contribution in [0, 0.1) is 13.8 Å². The smallest absolute Gasteiger partial charge is 0.267 e. The number of carbonyl (C=O) groups is 1. The standard InChI is InChI=1S/C22H21N5O2/c1-14-7-6-12-26-13-19(23-21(14)26)17-8-4-5-9-18(17)24-22(29)16(3)27-20(28)11-10-15(2)25-27/h4-13,16H,1-3H3,(H,24,29). The third-order valence-electron chi connectivity index (χ3n) is 4.84. The molecule has 1 atom stereocenters. The molecular formula is C22H21N5O2. The Morgan fingerprint density at radius 3 is 2.66 bits per heavy atom. The van der Waals surface area contributed by atoms with Gasteiger partial charge in [-0.3, -0.25) is 9.59 Å². The molecule has 4 rings (SSSR count). The molecule has 0 aliphatic carbocycles. The number of imidazole rings is 1. The van der Waals surface area contributed by atoms with Crippen molar-refractivity contribution in [2.45, 2.75) is 26.8 Å². The molecule has 7 heteroatoms. The summed E-state index contributed by atoms with van der Waals surface area (Å²) in [6.45, 7) is 5.44. The number of aromatic nitrogens is 4. The number of rotatable bonds is 4. The van der Waals surface area contributed by atoms with E-state index in [4.69, 9.17) is 4.98 Å². The highest BCUT2D eigenvalue weighted by Crippen LogP contribution is 2.28. The number of carbonyl (C=O) groups excluding carboxylic acids is 1. The third-order valence-corrected chi connectivity index (χ3v) is 4.84. The van der Waals surface area contributed by atoms with E-state index >= 15 is 0 Å². The van der Waals surface area contributed by atoms with Gasteiger partial charge in [0.25, 0.3) is 5.56 Å². The van der Waals surface area contributed by atoms with E-state index in [0.717, 1.165) is 22.5 Å². The Labute approximate surface area is 167 Å². The highest BCUT2D eigenvalue weighted by Gasteiger charge is 2.19. The van der Waals surface area contributed by atoms with Crippen molar-refractivity contribution in [2.75, 3.05) is 5.32 Å². The van der Waals surface area contributed by atoms with E-state index in [2.05, 4.69) is 10.4 Å². The van der Waals surface area contributed by atoms with Crippen molar-refractivity contribution in [3.8, 4) is 11.3 Å². The number of para-hydroxylation sites is 1. The lowest BCUT2D eigenvalue weighted by molar-refractivity contribution is -0.119. The predicted octanol–water partition coefficient (Wildman–Crippen LogP) is 3.37. The number of hydrogen-bond acceptors (Lipinski definition) is 4. The summed E-state index contributed by atoms with van der Waals surface area (Å²) in [5.74, 6) is -0.322. The van der Waals surface area contributed by atoms with E-state index in [1.165, 1.54) is 10.7 Å². The van der Waals surface area contributed by atoms with E-state index in [1.807, 2.05) is 60.1 Å². The van der Waals surface area contributed by atoms with E-state index < -0.39 is 6.04 Å². The summed E-state index contributed by atoms with van der Waals surface area (Å²) < 4.78 is 3.16. The average molecular weight is 387 g/mol. The van der Waals surface area contributed by atoms with Crippen LogP contribution in [-0.4, -0.2) is 25.1 Å². The molecule has 1 aromatic carbocycles. The number of fused-ring (bicyclic) bond motifs is 1. The Morgan fingerprint density at radius 1 is 1.07 bits per heavy atom. The van der Waals surface area contributed by atoms with Gasteiger partial charge in [-0.05, 0) is 44.5 Å². The first-order chi connectivity index (χ1) is 13.9. The number of hydrogen-bond donors (Lipinski definition) is 1. The van der Waals surface area contributed by atoms with Crippen molar-refractivity contribution < 1.29 is 4.79 Å². The summed E-state index contributed by atoms with van der Waals surface area (Å²) in [6, 6.07) is 13.8. The van der Waals surface area contributed by atoms with Gasteiger partial charge in [0.15, 0.2) is 0 Å². The van der Waals surface area contributed by atoms with Gasteiger partial charge in [-0.25, -0.2) is 9.67 Å². The number of nitrogens with zero attached hydrogens (tertiary/aromatic N) is 4. The monoisotopic (exact) mass is 387 g/mol. The van der Waals surface area contributed by atoms with Gasteiger partial charge < -0.3 is 9.72 Å². The molecule has 1 amide bonds. The molecule has 0 radical (unpaired) electrons. The summed E-state index contributed by atoms with van der Waals surface area (Å²) in [5.41, 5.74) is 4.49. The van der Waals surface area contributed by atoms with Gasteiger partial charge in [-0.15, -0.1) is 0 Å². The zero-order chi connectivity index (χ0) is 20.5. The number of pyridine rings is 1. The third kappa shape index (κ3) is 3.54. The molecule has 29 heavy (non-hydrogen) atoms. The lowest BCUT2D eigenvalue weighted by atomic mass is 10.1. The van der Waals surface area contributed by atoms with Gasteiger partial charge in [-0.1, -0.05) is 24.3 Å². The predicted molar refractivity (Wildman–Crippen MR) is 112 cm³/mol. The molecular weight excluding hydrogens is 366 g/mol. The first-order valence-corrected chi connectivity index (χ1v) is 9.35. The van der Waals surface area contributed by atoms with Crippen LogP contribution < -0.4 is 10.9 Å². The second-order valence-corrected chi connectivity index (χ2v) is 7.02. The molecule has 0 saturated heterocycles. The quantitative estimate of drug-likeness (QED) is 0.582. The first-order valence-electron chi connectivity index (χ1n) is 9.35. The van der Waals surface area contributed by atoms with Crippen molar-refractivity contribution in [1.29, 1.82) is 0 Å². The van der Waals surface area contributed by atoms with Crippen LogP contribution in [0.15, 0.2) is 65.7 Å². The minimum atomic E-state index is -0.751. The normalized spacial score (nSPS) is 12.1. The van der Waals surface area contributed by atoms with Crippen molar-refractivity contribution in [2.24, 2.45) is 0 Å². The maximum absolute atomic E-state index is 12.8. The van der Waals surface area contributed by atoms with E-state index in [9.17, 15) is 9.59 Å². The first kappa shape index (κ1) is 18.6. The number of nitrogens with one attached hydrogen (secondary N) is 1. The van der Waals surface area contributed by atoms with Crippen molar-refractivity contribution in [3.05, 3.63) is 82.5 Å². The highest BCUT2D eigenvalue weighted by molar-refractivity contribution is 5.97. The van der Waals surface area contributed by atoms with Crippen LogP contribution >= 0.6 is 0 Å². The minimum Gasteiger partial charge on any atom is -0.324 e. The van der Waals surface area contributed by atoms with Crippen LogP contribution in [0.1, 0.15) is 24.2 Å². The Balaban J connectivity index is 1.68. The maximum atomic E-state index is 12.8. The molecule has 0 aliphatic rings. The highest BCUT2D eigenvalue weighted by atomic mass is 16.2. The van der Waals surface area contributed by atoms with Gasteiger partial charge >= 0.3 is 0 Å². The molecule has 1 N–H and O–H groups in total. The molecule has 0 spiro atoms. The Bertz CT molecular complexity index is 1270. The SMILES string of the molecule is Cc1ccc(=O)n(C(C)C(=O)Nc2ccccc2-c2cn3cccc(C)c3n2)n1. The van der Waals surface area contributed by atoms with E-state index in [-0.39, 0.29) is 11.5 Å². The molecule has 146 valence electrons. The summed E-state index contributed by atoms with van der Waals surface area (Å²) in [6.07, 6.45) is 3.88. The topological polar surface area (TPSA) is 81.3 Å². The van der Waals surface area contributed by atoms with Gasteiger partial charge in [-0.2, -0.15) is 5.10 Å². The molecule has 0 aliphatic heterocycles. The van der Waals surface area contributed by atoms with E-state index in [0.29, 0.717) is 11.4 Å². The Morgan fingerprint density at radius 2 is 1.86 bits per heavy atom. The number of aryl methyl sites for hydroxylation is 2. The average Bonchev–Trinajstić information content (AvgIpc) is 3.15. The molecule has 3 aromatic heterocycles. The van der Waals surface area contributed by atoms with Gasteiger partial charge in [0, 0.05) is 24.0 Å². The molecule has 4 aromatic rings. The van der Waals surface area contributed by atoms with Crippen LogP contribution in [0.5, 0.6) is 0 Å².